The summed E-state index contributed by atoms with van der Waals surface area (Å²) < 4.78 is 0. The van der Waals surface area contributed by atoms with Crippen LogP contribution in [-0.4, -0.2) is 48.1 Å². The molecule has 0 aromatic rings. The number of carbonyl (C=O) groups is 2. The average Bonchev–Trinajstić information content (AvgIpc) is 2.27. The van der Waals surface area contributed by atoms with E-state index in [1.165, 1.54) is 19.3 Å². The van der Waals surface area contributed by atoms with Crippen LogP contribution < -0.4 is 5.32 Å². The maximum Gasteiger partial charge on any atom is 0.307 e. The summed E-state index contributed by atoms with van der Waals surface area (Å²) in [4.78, 5) is 24.6. The van der Waals surface area contributed by atoms with Gasteiger partial charge in [0.25, 0.3) is 0 Å². The molecule has 0 radical (unpaired) electrons. The van der Waals surface area contributed by atoms with Gasteiger partial charge in [-0.1, -0.05) is 6.42 Å². The Labute approximate surface area is 108 Å². The van der Waals surface area contributed by atoms with Gasteiger partial charge in [-0.2, -0.15) is 0 Å². The van der Waals surface area contributed by atoms with Crippen LogP contribution >= 0.6 is 0 Å². The second-order valence-corrected chi connectivity index (χ2v) is 5.51. The maximum atomic E-state index is 11.7. The number of carboxylic acids is 1. The number of hydrogen-bond donors (Lipinski definition) is 2. The molecule has 1 saturated heterocycles. The van der Waals surface area contributed by atoms with Crippen LogP contribution in [0.2, 0.25) is 0 Å². The third kappa shape index (κ3) is 3.70. The molecule has 2 N–H and O–H groups in total. The highest BCUT2D eigenvalue weighted by Gasteiger charge is 2.26. The highest BCUT2D eigenvalue weighted by atomic mass is 16.4. The molecule has 0 spiro atoms. The molecule has 1 amide bonds. The monoisotopic (exact) mass is 254 g/mol. The van der Waals surface area contributed by atoms with Crippen LogP contribution in [0.15, 0.2) is 0 Å². The molecular weight excluding hydrogens is 232 g/mol. The van der Waals surface area contributed by atoms with Crippen LogP contribution in [0.3, 0.4) is 0 Å². The Bertz CT molecular complexity index is 315. The van der Waals surface area contributed by atoms with E-state index in [1.54, 1.807) is 0 Å². The molecule has 1 aliphatic heterocycles. The summed E-state index contributed by atoms with van der Waals surface area (Å²) in [5.41, 5.74) is 0. The molecule has 1 aliphatic carbocycles. The van der Waals surface area contributed by atoms with Crippen LogP contribution in [0.1, 0.15) is 32.1 Å². The summed E-state index contributed by atoms with van der Waals surface area (Å²) in [6.07, 6.45) is 5.34. The number of carbonyl (C=O) groups excluding carboxylic acids is 1. The van der Waals surface area contributed by atoms with E-state index in [1.807, 2.05) is 4.90 Å². The van der Waals surface area contributed by atoms with E-state index in [-0.39, 0.29) is 11.8 Å². The lowest BCUT2D eigenvalue weighted by atomic mass is 9.85. The van der Waals surface area contributed by atoms with Gasteiger partial charge in [-0.15, -0.1) is 0 Å². The lowest BCUT2D eigenvalue weighted by Gasteiger charge is -2.30. The summed E-state index contributed by atoms with van der Waals surface area (Å²) in [5.74, 6) is -0.345. The van der Waals surface area contributed by atoms with Crippen LogP contribution in [0, 0.1) is 11.8 Å². The molecule has 0 aromatic carbocycles. The smallest absolute Gasteiger partial charge is 0.307 e. The van der Waals surface area contributed by atoms with Gasteiger partial charge in [0.05, 0.1) is 12.5 Å². The molecule has 102 valence electrons. The van der Waals surface area contributed by atoms with Gasteiger partial charge in [-0.05, 0) is 38.1 Å². The van der Waals surface area contributed by atoms with Crippen molar-refractivity contribution >= 4 is 11.9 Å². The lowest BCUT2D eigenvalue weighted by molar-refractivity contribution is -0.144. The fourth-order valence-electron chi connectivity index (χ4n) is 2.61. The Morgan fingerprint density at radius 2 is 2.00 bits per heavy atom. The van der Waals surface area contributed by atoms with Gasteiger partial charge >= 0.3 is 5.97 Å². The second-order valence-electron chi connectivity index (χ2n) is 5.51. The second kappa shape index (κ2) is 6.18. The molecule has 0 bridgehead atoms. The number of rotatable bonds is 5. The first-order chi connectivity index (χ1) is 8.65. The van der Waals surface area contributed by atoms with Crippen molar-refractivity contribution in [3.05, 3.63) is 0 Å². The van der Waals surface area contributed by atoms with Crippen LogP contribution in [0.4, 0.5) is 0 Å². The first-order valence-corrected chi connectivity index (χ1v) is 6.87. The van der Waals surface area contributed by atoms with E-state index in [0.29, 0.717) is 19.0 Å². The number of nitrogens with zero attached hydrogens (tertiary/aromatic N) is 1. The minimum Gasteiger partial charge on any atom is -0.481 e. The van der Waals surface area contributed by atoms with Gasteiger partial charge in [0.1, 0.15) is 0 Å². The molecule has 2 fully saturated rings. The predicted octanol–water partition coefficient (Wildman–Crippen LogP) is 0.699. The van der Waals surface area contributed by atoms with E-state index in [9.17, 15) is 9.59 Å². The zero-order chi connectivity index (χ0) is 13.0. The van der Waals surface area contributed by atoms with Crippen molar-refractivity contribution in [3.63, 3.8) is 0 Å². The largest absolute Gasteiger partial charge is 0.481 e. The highest BCUT2D eigenvalue weighted by Crippen LogP contribution is 2.25. The quantitative estimate of drug-likeness (QED) is 0.757. The molecule has 2 aliphatic rings. The highest BCUT2D eigenvalue weighted by molar-refractivity contribution is 5.78. The third-order valence-corrected chi connectivity index (χ3v) is 4.03. The molecular formula is C13H22N2O3. The van der Waals surface area contributed by atoms with Gasteiger partial charge in [0.15, 0.2) is 0 Å². The Morgan fingerprint density at radius 1 is 1.22 bits per heavy atom. The van der Waals surface area contributed by atoms with Gasteiger partial charge in [-0.25, -0.2) is 0 Å². The summed E-state index contributed by atoms with van der Waals surface area (Å²) in [5, 5.41) is 11.9. The van der Waals surface area contributed by atoms with E-state index >= 15 is 0 Å². The number of amides is 1. The summed E-state index contributed by atoms with van der Waals surface area (Å²) in [7, 11) is 0. The van der Waals surface area contributed by atoms with E-state index in [0.717, 1.165) is 25.9 Å². The zero-order valence-corrected chi connectivity index (χ0v) is 10.7. The van der Waals surface area contributed by atoms with Crippen molar-refractivity contribution in [3.8, 4) is 0 Å². The summed E-state index contributed by atoms with van der Waals surface area (Å²) in [6, 6.07) is 0. The molecule has 2 rings (SSSR count). The Balaban J connectivity index is 1.67. The minimum atomic E-state index is -0.741. The van der Waals surface area contributed by atoms with Crippen LogP contribution in [-0.2, 0) is 9.59 Å². The molecule has 1 heterocycles. The van der Waals surface area contributed by atoms with Crippen molar-refractivity contribution in [1.29, 1.82) is 0 Å². The number of hydrogen-bond acceptors (Lipinski definition) is 3. The summed E-state index contributed by atoms with van der Waals surface area (Å²) in [6.45, 7) is 2.47. The minimum absolute atomic E-state index is 0.0351. The third-order valence-electron chi connectivity index (χ3n) is 4.03. The van der Waals surface area contributed by atoms with Crippen LogP contribution in [0.25, 0.3) is 0 Å². The van der Waals surface area contributed by atoms with Crippen molar-refractivity contribution in [1.82, 2.24) is 10.2 Å². The Morgan fingerprint density at radius 3 is 2.61 bits per heavy atom. The molecule has 0 aromatic heterocycles. The molecule has 1 atom stereocenters. The number of aliphatic carboxylic acids is 1. The first kappa shape index (κ1) is 13.3. The standard InChI is InChI=1S/C13H22N2O3/c16-12(14-7-10-3-1-4-10)9-15-6-2-5-11(8-15)13(17)18/h10-11H,1-9H2,(H,14,16)(H,17,18). The van der Waals surface area contributed by atoms with Crippen molar-refractivity contribution in [2.24, 2.45) is 11.8 Å². The number of likely N-dealkylation sites (tertiary alicyclic amines) is 1. The number of nitrogens with one attached hydrogen (secondary N) is 1. The maximum absolute atomic E-state index is 11.7. The predicted molar refractivity (Wildman–Crippen MR) is 67.2 cm³/mol. The van der Waals surface area contributed by atoms with Gasteiger partial charge in [-0.3, -0.25) is 14.5 Å². The lowest BCUT2D eigenvalue weighted by Crippen LogP contribution is -2.45. The molecule has 1 saturated carbocycles. The fraction of sp³-hybridized carbons (Fsp3) is 0.846. The van der Waals surface area contributed by atoms with Crippen molar-refractivity contribution < 1.29 is 14.7 Å². The Kier molecular flexibility index (Phi) is 4.58. The van der Waals surface area contributed by atoms with Gasteiger partial charge in [0, 0.05) is 13.1 Å². The summed E-state index contributed by atoms with van der Waals surface area (Å²) >= 11 is 0. The van der Waals surface area contributed by atoms with Gasteiger partial charge in [0.2, 0.25) is 5.91 Å². The van der Waals surface area contributed by atoms with Crippen LogP contribution in [0.5, 0.6) is 0 Å². The fourth-order valence-corrected chi connectivity index (χ4v) is 2.61. The molecule has 18 heavy (non-hydrogen) atoms. The zero-order valence-electron chi connectivity index (χ0n) is 10.7. The van der Waals surface area contributed by atoms with E-state index in [2.05, 4.69) is 5.32 Å². The molecule has 5 nitrogen and oxygen atoms in total. The SMILES string of the molecule is O=C(CN1CCCC(C(=O)O)C1)NCC1CCC1. The Hall–Kier alpha value is -1.10. The topological polar surface area (TPSA) is 69.6 Å². The van der Waals surface area contributed by atoms with E-state index < -0.39 is 5.97 Å². The molecule has 5 heteroatoms. The molecule has 1 unspecified atom stereocenters. The first-order valence-electron chi connectivity index (χ1n) is 6.87. The normalized spacial score (nSPS) is 25.4. The number of carboxylic acid groups (broad SMARTS) is 1. The van der Waals surface area contributed by atoms with Gasteiger partial charge < -0.3 is 10.4 Å². The average molecular weight is 254 g/mol. The van der Waals surface area contributed by atoms with Crippen molar-refractivity contribution in [2.45, 2.75) is 32.1 Å². The number of piperidine rings is 1. The van der Waals surface area contributed by atoms with Crippen molar-refractivity contribution in [2.75, 3.05) is 26.2 Å². The van der Waals surface area contributed by atoms with E-state index in [4.69, 9.17) is 5.11 Å².